The van der Waals surface area contributed by atoms with Gasteiger partial charge in [-0.2, -0.15) is 5.10 Å². The van der Waals surface area contributed by atoms with Gasteiger partial charge >= 0.3 is 5.97 Å². The number of aromatic nitrogens is 2. The Hall–Kier alpha value is -1.32. The number of hydrogen-bond donors (Lipinski definition) is 2. The van der Waals surface area contributed by atoms with Crippen LogP contribution in [-0.2, 0) is 6.42 Å². The molecule has 2 rings (SSSR count). The van der Waals surface area contributed by atoms with Crippen LogP contribution in [0.4, 0.5) is 0 Å². The van der Waals surface area contributed by atoms with E-state index in [4.69, 9.17) is 5.11 Å². The predicted octanol–water partition coefficient (Wildman–Crippen LogP) is 2.23. The highest BCUT2D eigenvalue weighted by atomic mass is 16.4. The van der Waals surface area contributed by atoms with Crippen molar-refractivity contribution in [3.05, 3.63) is 17.5 Å². The third-order valence-corrected chi connectivity index (χ3v) is 3.23. The number of hydrogen-bond acceptors (Lipinski definition) is 2. The monoisotopic (exact) mass is 208 g/mol. The smallest absolute Gasteiger partial charge is 0.339 e. The fraction of sp³-hybridized carbons (Fsp3) is 0.636. The normalized spacial score (nSPS) is 17.1. The average molecular weight is 208 g/mol. The molecule has 0 amide bonds. The molecule has 0 atom stereocenters. The van der Waals surface area contributed by atoms with Gasteiger partial charge in [-0.1, -0.05) is 25.7 Å². The molecule has 0 aliphatic heterocycles. The Morgan fingerprint density at radius 1 is 1.53 bits per heavy atom. The molecular weight excluding hydrogens is 192 g/mol. The summed E-state index contributed by atoms with van der Waals surface area (Å²) in [6.45, 7) is 0. The molecule has 4 heteroatoms. The van der Waals surface area contributed by atoms with Gasteiger partial charge in [0.1, 0.15) is 5.56 Å². The molecule has 0 saturated heterocycles. The molecule has 1 aliphatic rings. The fourth-order valence-electron chi connectivity index (χ4n) is 2.34. The SMILES string of the molecule is O=C(O)c1cn[nH]c1CCC1CCCC1. The molecular formula is C11H16N2O2. The minimum atomic E-state index is -0.884. The lowest BCUT2D eigenvalue weighted by Crippen LogP contribution is -2.03. The second-order valence-electron chi connectivity index (χ2n) is 4.26. The second-order valence-corrected chi connectivity index (χ2v) is 4.26. The number of carboxylic acid groups (broad SMARTS) is 1. The first-order valence-electron chi connectivity index (χ1n) is 5.53. The summed E-state index contributed by atoms with van der Waals surface area (Å²) in [4.78, 5) is 10.8. The minimum Gasteiger partial charge on any atom is -0.478 e. The summed E-state index contributed by atoms with van der Waals surface area (Å²) in [7, 11) is 0. The van der Waals surface area contributed by atoms with Gasteiger partial charge in [0, 0.05) is 5.69 Å². The maximum absolute atomic E-state index is 10.8. The molecule has 1 saturated carbocycles. The van der Waals surface area contributed by atoms with Gasteiger partial charge in [-0.05, 0) is 18.8 Å². The molecule has 1 aromatic heterocycles. The van der Waals surface area contributed by atoms with Gasteiger partial charge in [-0.25, -0.2) is 4.79 Å². The van der Waals surface area contributed by atoms with Gasteiger partial charge in [0.25, 0.3) is 0 Å². The van der Waals surface area contributed by atoms with Crippen molar-refractivity contribution in [2.75, 3.05) is 0 Å². The van der Waals surface area contributed by atoms with Crippen LogP contribution in [0.3, 0.4) is 0 Å². The zero-order valence-electron chi connectivity index (χ0n) is 8.70. The van der Waals surface area contributed by atoms with E-state index in [0.717, 1.165) is 24.5 Å². The minimum absolute atomic E-state index is 0.327. The van der Waals surface area contributed by atoms with Gasteiger partial charge in [-0.3, -0.25) is 5.10 Å². The van der Waals surface area contributed by atoms with Crippen molar-refractivity contribution in [1.82, 2.24) is 10.2 Å². The summed E-state index contributed by atoms with van der Waals surface area (Å²) >= 11 is 0. The number of aromatic carboxylic acids is 1. The molecule has 1 aliphatic carbocycles. The van der Waals surface area contributed by atoms with Crippen LogP contribution in [0.5, 0.6) is 0 Å². The molecule has 2 N–H and O–H groups in total. The predicted molar refractivity (Wildman–Crippen MR) is 55.8 cm³/mol. The molecule has 0 radical (unpaired) electrons. The molecule has 0 aromatic carbocycles. The number of nitrogens with zero attached hydrogens (tertiary/aromatic N) is 1. The van der Waals surface area contributed by atoms with E-state index in [-0.39, 0.29) is 0 Å². The Kier molecular flexibility index (Phi) is 3.04. The van der Waals surface area contributed by atoms with Gasteiger partial charge in [0.15, 0.2) is 0 Å². The zero-order chi connectivity index (χ0) is 10.7. The lowest BCUT2D eigenvalue weighted by molar-refractivity contribution is 0.0695. The van der Waals surface area contributed by atoms with E-state index in [1.165, 1.54) is 31.9 Å². The quantitative estimate of drug-likeness (QED) is 0.797. The molecule has 1 fully saturated rings. The Balaban J connectivity index is 1.92. The van der Waals surface area contributed by atoms with Crippen molar-refractivity contribution in [3.8, 4) is 0 Å². The van der Waals surface area contributed by atoms with Crippen LogP contribution in [0.2, 0.25) is 0 Å². The molecule has 1 heterocycles. The van der Waals surface area contributed by atoms with Crippen molar-refractivity contribution >= 4 is 5.97 Å². The maximum Gasteiger partial charge on any atom is 0.339 e. The van der Waals surface area contributed by atoms with Gasteiger partial charge in [-0.15, -0.1) is 0 Å². The van der Waals surface area contributed by atoms with Crippen LogP contribution in [-0.4, -0.2) is 21.3 Å². The largest absolute Gasteiger partial charge is 0.478 e. The highest BCUT2D eigenvalue weighted by molar-refractivity contribution is 5.88. The molecule has 15 heavy (non-hydrogen) atoms. The topological polar surface area (TPSA) is 66.0 Å². The van der Waals surface area contributed by atoms with Crippen LogP contribution >= 0.6 is 0 Å². The highest BCUT2D eigenvalue weighted by Gasteiger charge is 2.17. The van der Waals surface area contributed by atoms with Crippen LogP contribution in [0.1, 0.15) is 48.2 Å². The number of aromatic amines is 1. The zero-order valence-corrected chi connectivity index (χ0v) is 8.70. The Labute approximate surface area is 88.7 Å². The first-order chi connectivity index (χ1) is 7.27. The number of nitrogens with one attached hydrogen (secondary N) is 1. The number of aryl methyl sites for hydroxylation is 1. The van der Waals surface area contributed by atoms with E-state index in [9.17, 15) is 4.79 Å². The lowest BCUT2D eigenvalue weighted by Gasteiger charge is -2.07. The van der Waals surface area contributed by atoms with Crippen molar-refractivity contribution in [3.63, 3.8) is 0 Å². The van der Waals surface area contributed by atoms with Crippen LogP contribution < -0.4 is 0 Å². The van der Waals surface area contributed by atoms with Crippen molar-refractivity contribution < 1.29 is 9.90 Å². The van der Waals surface area contributed by atoms with Gasteiger partial charge in [0.2, 0.25) is 0 Å². The first kappa shape index (κ1) is 10.2. The van der Waals surface area contributed by atoms with E-state index in [1.54, 1.807) is 0 Å². The van der Waals surface area contributed by atoms with Crippen LogP contribution in [0, 0.1) is 5.92 Å². The van der Waals surface area contributed by atoms with Crippen LogP contribution in [0.15, 0.2) is 6.20 Å². The van der Waals surface area contributed by atoms with E-state index in [0.29, 0.717) is 5.56 Å². The summed E-state index contributed by atoms with van der Waals surface area (Å²) in [5, 5.41) is 15.4. The van der Waals surface area contributed by atoms with E-state index in [1.807, 2.05) is 0 Å². The third-order valence-electron chi connectivity index (χ3n) is 3.23. The number of H-pyrrole nitrogens is 1. The van der Waals surface area contributed by atoms with E-state index < -0.39 is 5.97 Å². The Morgan fingerprint density at radius 3 is 2.93 bits per heavy atom. The Morgan fingerprint density at radius 2 is 2.27 bits per heavy atom. The lowest BCUT2D eigenvalue weighted by atomic mass is 9.99. The number of rotatable bonds is 4. The molecule has 1 aromatic rings. The van der Waals surface area contributed by atoms with E-state index >= 15 is 0 Å². The summed E-state index contributed by atoms with van der Waals surface area (Å²) in [5.74, 6) is -0.0971. The Bertz CT molecular complexity index is 340. The standard InChI is InChI=1S/C11H16N2O2/c14-11(15)9-7-12-13-10(9)6-5-8-3-1-2-4-8/h7-8H,1-6H2,(H,12,13)(H,14,15). The summed E-state index contributed by atoms with van der Waals surface area (Å²) in [6, 6.07) is 0. The molecule has 0 bridgehead atoms. The summed E-state index contributed by atoms with van der Waals surface area (Å²) in [6.07, 6.45) is 8.56. The summed E-state index contributed by atoms with van der Waals surface area (Å²) < 4.78 is 0. The highest BCUT2D eigenvalue weighted by Crippen LogP contribution is 2.28. The second kappa shape index (κ2) is 4.47. The van der Waals surface area contributed by atoms with Gasteiger partial charge in [0.05, 0.1) is 6.20 Å². The molecule has 4 nitrogen and oxygen atoms in total. The molecule has 82 valence electrons. The molecule has 0 spiro atoms. The van der Waals surface area contributed by atoms with Crippen molar-refractivity contribution in [2.45, 2.75) is 38.5 Å². The number of carboxylic acids is 1. The van der Waals surface area contributed by atoms with Crippen molar-refractivity contribution in [1.29, 1.82) is 0 Å². The molecule has 0 unspecified atom stereocenters. The maximum atomic E-state index is 10.8. The number of carbonyl (C=O) groups is 1. The van der Waals surface area contributed by atoms with Gasteiger partial charge < -0.3 is 5.11 Å². The van der Waals surface area contributed by atoms with Crippen LogP contribution in [0.25, 0.3) is 0 Å². The van der Waals surface area contributed by atoms with Crippen molar-refractivity contribution in [2.24, 2.45) is 5.92 Å². The third kappa shape index (κ3) is 2.37. The first-order valence-corrected chi connectivity index (χ1v) is 5.53. The average Bonchev–Trinajstić information content (AvgIpc) is 2.86. The van der Waals surface area contributed by atoms with E-state index in [2.05, 4.69) is 10.2 Å². The summed E-state index contributed by atoms with van der Waals surface area (Å²) in [5.41, 5.74) is 1.10. The fourth-order valence-corrected chi connectivity index (χ4v) is 2.34.